The molecular formula is C65H74F26N2O18. The smallest absolute Gasteiger partial charge is 0.460 e. The predicted molar refractivity (Wildman–Crippen MR) is 328 cm³/mol. The van der Waals surface area contributed by atoms with Crippen LogP contribution in [-0.4, -0.2) is 210 Å². The molecule has 46 heteroatoms. The molecule has 0 saturated heterocycles. The minimum absolute atomic E-state index is 0. The summed E-state index contributed by atoms with van der Waals surface area (Å²) >= 11 is 0. The number of benzene rings is 2. The number of hydrogen-bond acceptors (Lipinski definition) is 20. The van der Waals surface area contributed by atoms with E-state index in [1.165, 1.54) is 19.1 Å². The number of esters is 6. The Balaban J connectivity index is -0.00000170. The zero-order valence-electron chi connectivity index (χ0n) is 57.4. The fraction of sp³-hybridized carbons (Fsp3) is 0.600. The lowest BCUT2D eigenvalue weighted by Crippen LogP contribution is -2.70. The molecule has 634 valence electrons. The second-order valence-corrected chi connectivity index (χ2v) is 21.3. The van der Waals surface area contributed by atoms with Crippen molar-refractivity contribution < 1.29 is 200 Å². The van der Waals surface area contributed by atoms with E-state index in [9.17, 15) is 143 Å². The Hall–Kier alpha value is -8.92. The Labute approximate surface area is 615 Å². The van der Waals surface area contributed by atoms with Gasteiger partial charge in [-0.2, -0.15) is 125 Å². The molecule has 20 nitrogen and oxygen atoms in total. The van der Waals surface area contributed by atoms with E-state index in [2.05, 4.69) is 33.9 Å². The number of aliphatic hydroxyl groups is 2. The number of rotatable bonds is 42. The summed E-state index contributed by atoms with van der Waals surface area (Å²) in [5.41, 5.74) is -0.639. The summed E-state index contributed by atoms with van der Waals surface area (Å²) in [6.45, 7) is 10.5. The molecule has 2 N–H and O–H groups in total. The number of alkyl halides is 26. The Bertz CT molecular complexity index is 3310. The average molecular weight is 1670 g/mol. The van der Waals surface area contributed by atoms with Crippen LogP contribution in [0.4, 0.5) is 114 Å². The molecule has 0 amide bonds. The van der Waals surface area contributed by atoms with Gasteiger partial charge in [-0.05, 0) is 73.7 Å². The molecule has 3 atom stereocenters. The first-order chi connectivity index (χ1) is 50.6. The SMILES string of the molecule is C.C=CC(=O)OCCC(F)(F)C(F)(F)C(F)(F)C(F)(F)C(F)(F)C(F)(F)F.C=CC(=O)OCCO.C=CC(=O)OCCOCCOc1ccc(C#N)cc1.CC.CCC(C(=O)OCCC(F)(F)C(F)(F)C(F)(F)C(F)(F)C(F)(F)C(F)(F)F)C1CC1(CCC(=O)OCCO)C(=O)OCCOCCOc1ccc(C#N)cc1. The summed E-state index contributed by atoms with van der Waals surface area (Å²) < 4.78 is 388. The van der Waals surface area contributed by atoms with E-state index in [0.717, 1.165) is 12.2 Å². The van der Waals surface area contributed by atoms with Crippen molar-refractivity contribution in [3.63, 3.8) is 0 Å². The standard InChI is InChI=1S/C32H34F13NO9.C14H15NO4.C11H7F13O2.C5H8O3.C2H6.CH4/c1-2-21(24(49)54-11-9-27(33,34)28(35,36)29(37,38)30(39,40)31(41,42)32(43,44)45)22-17-26(22,8-7-23(48)53-12-10-47)25(50)55-16-14-51-13-15-52-20-5-3-19(18-46)4-6-20;1-2-14(16)19-10-8-17-7-9-18-13-5-3-12(11-15)4-6-13;1-2-5(25)26-4-3-6(12,13)7(14,15)8(16,17)9(18,19)10(20,21)11(22,23)24;1-2-5(7)8-4-3-6;1-2;/h3-6,21-22,47H,2,7-17H2,1H3;2-6H,1,7-10H2;2H,1,3-4H2;2,6H,1,3-4H2;1-2H3;1H4. The summed E-state index contributed by atoms with van der Waals surface area (Å²) in [5.74, 6) is -82.4. The molecular weight excluding hydrogens is 1590 g/mol. The average Bonchev–Trinajstić information content (AvgIpc) is 1.57. The van der Waals surface area contributed by atoms with Gasteiger partial charge in [0.15, 0.2) is 0 Å². The van der Waals surface area contributed by atoms with Crippen LogP contribution >= 0.6 is 0 Å². The first kappa shape index (κ1) is 106. The van der Waals surface area contributed by atoms with Crippen molar-refractivity contribution in [3.8, 4) is 23.6 Å². The number of hydrogen-bond donors (Lipinski definition) is 2. The van der Waals surface area contributed by atoms with Crippen molar-refractivity contribution in [2.75, 3.05) is 92.5 Å². The third kappa shape index (κ3) is 29.3. The van der Waals surface area contributed by atoms with E-state index in [1.807, 2.05) is 26.0 Å². The van der Waals surface area contributed by atoms with Crippen LogP contribution in [0.1, 0.15) is 77.8 Å². The molecule has 0 spiro atoms. The van der Waals surface area contributed by atoms with Crippen molar-refractivity contribution in [2.24, 2.45) is 17.3 Å². The second kappa shape index (κ2) is 46.2. The number of nitrogens with zero attached hydrogens (tertiary/aromatic N) is 2. The van der Waals surface area contributed by atoms with Crippen LogP contribution < -0.4 is 9.47 Å². The lowest BCUT2D eigenvalue weighted by atomic mass is 9.89. The number of nitriles is 2. The summed E-state index contributed by atoms with van der Waals surface area (Å²) in [7, 11) is 0. The van der Waals surface area contributed by atoms with Crippen molar-refractivity contribution in [1.82, 2.24) is 0 Å². The highest BCUT2D eigenvalue weighted by atomic mass is 19.4. The highest BCUT2D eigenvalue weighted by molar-refractivity contribution is 5.85. The summed E-state index contributed by atoms with van der Waals surface area (Å²) in [6.07, 6.45) is -19.2. The Morgan fingerprint density at radius 1 is 0.459 bits per heavy atom. The van der Waals surface area contributed by atoms with Gasteiger partial charge in [-0.3, -0.25) is 14.4 Å². The normalized spacial score (nSPS) is 14.9. The zero-order valence-corrected chi connectivity index (χ0v) is 57.4. The summed E-state index contributed by atoms with van der Waals surface area (Å²) in [6, 6.07) is 16.9. The van der Waals surface area contributed by atoms with Crippen LogP contribution in [-0.2, 0) is 66.7 Å². The van der Waals surface area contributed by atoms with E-state index in [-0.39, 0.29) is 72.9 Å². The van der Waals surface area contributed by atoms with E-state index in [1.54, 1.807) is 36.4 Å². The van der Waals surface area contributed by atoms with E-state index >= 15 is 0 Å². The fourth-order valence-corrected chi connectivity index (χ4v) is 8.00. The molecule has 1 aliphatic rings. The van der Waals surface area contributed by atoms with Gasteiger partial charge < -0.3 is 57.6 Å². The molecule has 2 aromatic carbocycles. The second-order valence-electron chi connectivity index (χ2n) is 21.3. The number of carbonyl (C=O) groups is 6. The van der Waals surface area contributed by atoms with E-state index < -0.39 is 170 Å². The monoisotopic (exact) mass is 1660 g/mol. The Kier molecular flexibility index (Phi) is 44.2. The van der Waals surface area contributed by atoms with Crippen LogP contribution in [0, 0.1) is 39.9 Å². The van der Waals surface area contributed by atoms with Gasteiger partial charge in [-0.1, -0.05) is 47.9 Å². The van der Waals surface area contributed by atoms with Gasteiger partial charge in [-0.15, -0.1) is 0 Å². The van der Waals surface area contributed by atoms with Gasteiger partial charge >= 0.3 is 107 Å². The van der Waals surface area contributed by atoms with Crippen molar-refractivity contribution in [2.45, 2.75) is 138 Å². The van der Waals surface area contributed by atoms with Crippen LogP contribution in [0.2, 0.25) is 0 Å². The zero-order chi connectivity index (χ0) is 85.8. The maximum atomic E-state index is 14.2. The molecule has 2 aromatic rings. The van der Waals surface area contributed by atoms with Gasteiger partial charge in [-0.25, -0.2) is 14.4 Å². The van der Waals surface area contributed by atoms with E-state index in [4.69, 9.17) is 53.9 Å². The van der Waals surface area contributed by atoms with Gasteiger partial charge in [0.25, 0.3) is 0 Å². The van der Waals surface area contributed by atoms with Gasteiger partial charge in [0.1, 0.15) is 51.1 Å². The molecule has 0 bridgehead atoms. The first-order valence-corrected chi connectivity index (χ1v) is 31.0. The summed E-state index contributed by atoms with van der Waals surface area (Å²) in [4.78, 5) is 69.4. The Morgan fingerprint density at radius 3 is 1.11 bits per heavy atom. The molecule has 1 saturated carbocycles. The molecule has 111 heavy (non-hydrogen) atoms. The lowest BCUT2D eigenvalue weighted by Gasteiger charge is -2.39. The number of carbonyl (C=O) groups excluding carboxylic acids is 6. The molecule has 3 rings (SSSR count). The van der Waals surface area contributed by atoms with Crippen molar-refractivity contribution >= 4 is 35.8 Å². The van der Waals surface area contributed by atoms with Gasteiger partial charge in [0.05, 0.1) is 100 Å². The number of aliphatic hydroxyl groups excluding tert-OH is 2. The molecule has 1 fully saturated rings. The number of ether oxygens (including phenoxy) is 10. The third-order valence-electron chi connectivity index (χ3n) is 13.9. The lowest BCUT2D eigenvalue weighted by molar-refractivity contribution is -0.440. The quantitative estimate of drug-likeness (QED) is 0.0205. The van der Waals surface area contributed by atoms with Crippen molar-refractivity contribution in [3.05, 3.63) is 97.6 Å². The van der Waals surface area contributed by atoms with Crippen LogP contribution in [0.15, 0.2) is 86.5 Å². The molecule has 3 unspecified atom stereocenters. The Morgan fingerprint density at radius 2 is 0.775 bits per heavy atom. The van der Waals surface area contributed by atoms with Crippen molar-refractivity contribution in [1.29, 1.82) is 10.5 Å². The van der Waals surface area contributed by atoms with Crippen LogP contribution in [0.5, 0.6) is 11.5 Å². The van der Waals surface area contributed by atoms with Gasteiger partial charge in [0, 0.05) is 24.6 Å². The van der Waals surface area contributed by atoms with Gasteiger partial charge in [0.2, 0.25) is 0 Å². The molecule has 0 heterocycles. The highest BCUT2D eigenvalue weighted by Crippen LogP contribution is 2.64. The number of halogens is 26. The molecule has 0 radical (unpaired) electrons. The molecule has 0 aromatic heterocycles. The topological polar surface area (TPSA) is 283 Å². The van der Waals surface area contributed by atoms with Crippen LogP contribution in [0.25, 0.3) is 0 Å². The summed E-state index contributed by atoms with van der Waals surface area (Å²) in [5, 5.41) is 34.4. The minimum Gasteiger partial charge on any atom is -0.491 e. The third-order valence-corrected chi connectivity index (χ3v) is 13.9. The molecule has 0 aliphatic heterocycles. The van der Waals surface area contributed by atoms with E-state index in [0.29, 0.717) is 48.5 Å². The first-order valence-electron chi connectivity index (χ1n) is 31.0. The highest BCUT2D eigenvalue weighted by Gasteiger charge is 2.92. The predicted octanol–water partition coefficient (Wildman–Crippen LogP) is 14.4. The maximum Gasteiger partial charge on any atom is 0.460 e. The maximum absolute atomic E-state index is 14.2. The molecule has 1 aliphatic carbocycles. The fourth-order valence-electron chi connectivity index (χ4n) is 8.00. The minimum atomic E-state index is -8.07. The van der Waals surface area contributed by atoms with Crippen LogP contribution in [0.3, 0.4) is 0 Å². The largest absolute Gasteiger partial charge is 0.491 e.